The summed E-state index contributed by atoms with van der Waals surface area (Å²) in [6.45, 7) is 6.68. The molecule has 1 aromatic heterocycles. The highest BCUT2D eigenvalue weighted by Crippen LogP contribution is 2.28. The summed E-state index contributed by atoms with van der Waals surface area (Å²) in [7, 11) is 0. The summed E-state index contributed by atoms with van der Waals surface area (Å²) in [4.78, 5) is 29.7. The first-order chi connectivity index (χ1) is 15.5. The number of nitrogens with one attached hydrogen (secondary N) is 2. The Bertz CT molecular complexity index is 984. The Morgan fingerprint density at radius 1 is 1.16 bits per heavy atom. The second-order valence-electron chi connectivity index (χ2n) is 7.84. The van der Waals surface area contributed by atoms with Crippen LogP contribution in [0, 0.1) is 0 Å². The van der Waals surface area contributed by atoms with Crippen LogP contribution in [-0.2, 0) is 16.1 Å². The summed E-state index contributed by atoms with van der Waals surface area (Å²) < 4.78 is 10.8. The van der Waals surface area contributed by atoms with Crippen LogP contribution in [-0.4, -0.2) is 61.1 Å². The molecule has 8 nitrogen and oxygen atoms in total. The van der Waals surface area contributed by atoms with Gasteiger partial charge in [-0.15, -0.1) is 0 Å². The number of ether oxygens (including phenoxy) is 1. The quantitative estimate of drug-likeness (QED) is 0.620. The number of rotatable bonds is 7. The molecular weight excluding hydrogens is 432 g/mol. The van der Waals surface area contributed by atoms with Gasteiger partial charge in [-0.05, 0) is 36.8 Å². The van der Waals surface area contributed by atoms with Gasteiger partial charge in [-0.3, -0.25) is 9.80 Å². The van der Waals surface area contributed by atoms with Crippen molar-refractivity contribution in [2.75, 3.05) is 39.3 Å². The highest BCUT2D eigenvalue weighted by atomic mass is 35.5. The maximum atomic E-state index is 12.8. The Labute approximate surface area is 192 Å². The van der Waals surface area contributed by atoms with Gasteiger partial charge in [-0.2, -0.15) is 0 Å². The second-order valence-corrected chi connectivity index (χ2v) is 8.28. The fraction of sp³-hybridized carbons (Fsp3) is 0.391. The van der Waals surface area contributed by atoms with Crippen molar-refractivity contribution >= 4 is 23.6 Å². The molecule has 0 saturated carbocycles. The molecule has 1 unspecified atom stereocenters. The molecule has 1 saturated heterocycles. The fourth-order valence-corrected chi connectivity index (χ4v) is 4.30. The lowest BCUT2D eigenvalue weighted by Crippen LogP contribution is -2.51. The fourth-order valence-electron chi connectivity index (χ4n) is 4.08. The largest absolute Gasteiger partial charge is 0.467 e. The first kappa shape index (κ1) is 22.4. The second kappa shape index (κ2) is 10.2. The molecule has 9 heteroatoms. The lowest BCUT2D eigenvalue weighted by atomic mass is 9.99. The first-order valence-corrected chi connectivity index (χ1v) is 11.1. The molecule has 0 radical (unpaired) electrons. The van der Waals surface area contributed by atoms with E-state index in [-0.39, 0.29) is 12.6 Å². The zero-order valence-corrected chi connectivity index (χ0v) is 18.7. The average Bonchev–Trinajstić information content (AvgIpc) is 3.30. The number of hydrogen-bond donors (Lipinski definition) is 2. The summed E-state index contributed by atoms with van der Waals surface area (Å²) in [6, 6.07) is 10.3. The maximum Gasteiger partial charge on any atom is 0.338 e. The minimum absolute atomic E-state index is 0.247. The van der Waals surface area contributed by atoms with Gasteiger partial charge in [0, 0.05) is 50.0 Å². The molecule has 2 aliphatic rings. The molecule has 2 N–H and O–H groups in total. The molecular formula is C23H27ClN4O4. The van der Waals surface area contributed by atoms with Crippen molar-refractivity contribution in [2.45, 2.75) is 19.5 Å². The lowest BCUT2D eigenvalue weighted by molar-refractivity contribution is -0.139. The van der Waals surface area contributed by atoms with Crippen LogP contribution in [0.25, 0.3) is 0 Å². The minimum Gasteiger partial charge on any atom is -0.467 e. The van der Waals surface area contributed by atoms with E-state index in [4.69, 9.17) is 20.8 Å². The number of nitrogens with zero attached hydrogens (tertiary/aromatic N) is 2. The van der Waals surface area contributed by atoms with E-state index in [0.29, 0.717) is 23.6 Å². The molecule has 1 fully saturated rings. The van der Waals surface area contributed by atoms with Crippen LogP contribution in [0.4, 0.5) is 4.79 Å². The van der Waals surface area contributed by atoms with E-state index in [9.17, 15) is 9.59 Å². The standard InChI is InChI=1S/C23H27ClN4O4/c1-2-31-22(29)20-18(25-23(30)26-21(20)19-7-4-12-32-19)15-28-10-8-27(9-11-28)14-16-5-3-6-17(24)13-16/h3-7,12-13,21H,2,8-11,14-15H2,1H3,(H2,25,26,30). The molecule has 0 spiro atoms. The number of carbonyl (C=O) groups is 2. The molecule has 0 bridgehead atoms. The molecule has 4 rings (SSSR count). The van der Waals surface area contributed by atoms with Crippen LogP contribution < -0.4 is 10.6 Å². The summed E-state index contributed by atoms with van der Waals surface area (Å²) in [5.74, 6) is 0.0303. The van der Waals surface area contributed by atoms with Crippen molar-refractivity contribution in [3.05, 3.63) is 70.3 Å². The number of hydrogen-bond acceptors (Lipinski definition) is 6. The smallest absolute Gasteiger partial charge is 0.338 e. The number of furan rings is 1. The van der Waals surface area contributed by atoms with Crippen LogP contribution >= 0.6 is 11.6 Å². The van der Waals surface area contributed by atoms with E-state index < -0.39 is 12.0 Å². The predicted octanol–water partition coefficient (Wildman–Crippen LogP) is 2.92. The maximum absolute atomic E-state index is 12.8. The van der Waals surface area contributed by atoms with Gasteiger partial charge >= 0.3 is 12.0 Å². The summed E-state index contributed by atoms with van der Waals surface area (Å²) in [5, 5.41) is 6.34. The van der Waals surface area contributed by atoms with Crippen molar-refractivity contribution in [3.8, 4) is 0 Å². The number of carbonyl (C=O) groups excluding carboxylic acids is 2. The number of piperazine rings is 1. The van der Waals surface area contributed by atoms with E-state index in [2.05, 4.69) is 26.5 Å². The Kier molecular flexibility index (Phi) is 7.14. The van der Waals surface area contributed by atoms with Crippen molar-refractivity contribution in [1.29, 1.82) is 0 Å². The topological polar surface area (TPSA) is 87.0 Å². The summed E-state index contributed by atoms with van der Waals surface area (Å²) >= 11 is 6.10. The summed E-state index contributed by atoms with van der Waals surface area (Å²) in [5.41, 5.74) is 2.12. The average molecular weight is 459 g/mol. The third kappa shape index (κ3) is 5.32. The lowest BCUT2D eigenvalue weighted by Gasteiger charge is -2.36. The molecule has 32 heavy (non-hydrogen) atoms. The number of amides is 2. The Morgan fingerprint density at radius 2 is 1.91 bits per heavy atom. The van der Waals surface area contributed by atoms with Gasteiger partial charge in [-0.1, -0.05) is 23.7 Å². The SMILES string of the molecule is CCOC(=O)C1=C(CN2CCN(Cc3cccc(Cl)c3)CC2)NC(=O)NC1c1ccco1. The van der Waals surface area contributed by atoms with Crippen molar-refractivity contribution < 1.29 is 18.7 Å². The van der Waals surface area contributed by atoms with E-state index in [1.807, 2.05) is 18.2 Å². The van der Waals surface area contributed by atoms with Crippen LogP contribution in [0.5, 0.6) is 0 Å². The molecule has 1 aromatic carbocycles. The van der Waals surface area contributed by atoms with Crippen LogP contribution in [0.1, 0.15) is 24.3 Å². The molecule has 2 aliphatic heterocycles. The summed E-state index contributed by atoms with van der Waals surface area (Å²) in [6.07, 6.45) is 1.52. The molecule has 2 aromatic rings. The number of benzene rings is 1. The zero-order chi connectivity index (χ0) is 22.5. The van der Waals surface area contributed by atoms with Gasteiger partial charge in [0.15, 0.2) is 0 Å². The van der Waals surface area contributed by atoms with Crippen LogP contribution in [0.2, 0.25) is 5.02 Å². The Balaban J connectivity index is 1.46. The number of halogens is 1. The molecule has 0 aliphatic carbocycles. The van der Waals surface area contributed by atoms with E-state index in [1.165, 1.54) is 11.8 Å². The van der Waals surface area contributed by atoms with Crippen LogP contribution in [0.15, 0.2) is 58.3 Å². The van der Waals surface area contributed by atoms with Gasteiger partial charge in [0.25, 0.3) is 0 Å². The van der Waals surface area contributed by atoms with E-state index in [1.54, 1.807) is 19.1 Å². The van der Waals surface area contributed by atoms with Crippen molar-refractivity contribution in [1.82, 2.24) is 20.4 Å². The van der Waals surface area contributed by atoms with Crippen molar-refractivity contribution in [2.24, 2.45) is 0 Å². The molecule has 3 heterocycles. The highest BCUT2D eigenvalue weighted by molar-refractivity contribution is 6.30. The van der Waals surface area contributed by atoms with E-state index in [0.717, 1.165) is 37.7 Å². The van der Waals surface area contributed by atoms with Crippen LogP contribution in [0.3, 0.4) is 0 Å². The highest BCUT2D eigenvalue weighted by Gasteiger charge is 2.36. The Morgan fingerprint density at radius 3 is 2.56 bits per heavy atom. The van der Waals surface area contributed by atoms with Gasteiger partial charge in [0.05, 0.1) is 18.4 Å². The van der Waals surface area contributed by atoms with E-state index >= 15 is 0 Å². The Hall–Kier alpha value is -2.81. The first-order valence-electron chi connectivity index (χ1n) is 10.7. The minimum atomic E-state index is -0.683. The van der Waals surface area contributed by atoms with Crippen molar-refractivity contribution in [3.63, 3.8) is 0 Å². The number of esters is 1. The zero-order valence-electron chi connectivity index (χ0n) is 18.0. The predicted molar refractivity (Wildman–Crippen MR) is 120 cm³/mol. The third-order valence-corrected chi connectivity index (χ3v) is 5.85. The molecule has 170 valence electrons. The monoisotopic (exact) mass is 458 g/mol. The normalized spacial score (nSPS) is 20.1. The molecule has 2 amide bonds. The third-order valence-electron chi connectivity index (χ3n) is 5.62. The van der Waals surface area contributed by atoms with Gasteiger partial charge in [0.2, 0.25) is 0 Å². The molecule has 1 atom stereocenters. The van der Waals surface area contributed by atoms with Gasteiger partial charge < -0.3 is 19.8 Å². The van der Waals surface area contributed by atoms with Gasteiger partial charge in [-0.25, -0.2) is 9.59 Å². The number of urea groups is 1. The van der Waals surface area contributed by atoms with Gasteiger partial charge in [0.1, 0.15) is 11.8 Å².